The van der Waals surface area contributed by atoms with E-state index in [1.807, 2.05) is 24.3 Å². The highest BCUT2D eigenvalue weighted by Gasteiger charge is 2.47. The quantitative estimate of drug-likeness (QED) is 0.178. The molecule has 0 saturated heterocycles. The van der Waals surface area contributed by atoms with Crippen molar-refractivity contribution in [2.24, 2.45) is 10.9 Å². The summed E-state index contributed by atoms with van der Waals surface area (Å²) in [4.78, 5) is 27.3. The van der Waals surface area contributed by atoms with Gasteiger partial charge in [-0.25, -0.2) is 4.79 Å². The molecule has 8 nitrogen and oxygen atoms in total. The second kappa shape index (κ2) is 10.2. The molecule has 0 spiro atoms. The zero-order valence-corrected chi connectivity index (χ0v) is 19.7. The van der Waals surface area contributed by atoms with Gasteiger partial charge >= 0.3 is 5.97 Å². The van der Waals surface area contributed by atoms with Crippen molar-refractivity contribution in [1.29, 1.82) is 0 Å². The summed E-state index contributed by atoms with van der Waals surface area (Å²) in [5.74, 6) is -0.490. The Morgan fingerprint density at radius 1 is 1.15 bits per heavy atom. The number of nitrogens with zero attached hydrogens (tertiary/aromatic N) is 2. The van der Waals surface area contributed by atoms with Crippen molar-refractivity contribution in [3.63, 3.8) is 0 Å². The zero-order valence-electron chi connectivity index (χ0n) is 19.7. The maximum Gasteiger partial charge on any atom is 0.331 e. The minimum atomic E-state index is -0.778. The van der Waals surface area contributed by atoms with Crippen molar-refractivity contribution >= 4 is 17.4 Å². The van der Waals surface area contributed by atoms with E-state index in [2.05, 4.69) is 24.3 Å². The van der Waals surface area contributed by atoms with Crippen LogP contribution in [0.15, 0.2) is 41.6 Å². The number of rotatable bonds is 10. The van der Waals surface area contributed by atoms with Crippen molar-refractivity contribution in [2.75, 3.05) is 6.54 Å². The molecule has 2 aromatic carbocycles. The standard InChI is InChI=1S/C25H32N4O4/c1-5-7-13-27-25(24(26)8-6-2)22-14-18(16(3)28-33-17(4)30)9-11-20(22)21-12-10-19(29(31)32)15-23(21)25/h9-12,14-15,24,27H,5-8,13,26H2,1-4H3/b28-16+. The van der Waals surface area contributed by atoms with Gasteiger partial charge in [0.2, 0.25) is 0 Å². The Labute approximate surface area is 194 Å². The third-order valence-electron chi connectivity index (χ3n) is 6.19. The molecule has 0 fully saturated rings. The van der Waals surface area contributed by atoms with E-state index >= 15 is 0 Å². The molecule has 2 aromatic rings. The van der Waals surface area contributed by atoms with Gasteiger partial charge in [-0.15, -0.1) is 0 Å². The van der Waals surface area contributed by atoms with E-state index in [0.29, 0.717) is 5.71 Å². The molecule has 2 atom stereocenters. The first-order valence-corrected chi connectivity index (χ1v) is 11.4. The predicted octanol–water partition coefficient (Wildman–Crippen LogP) is 4.62. The van der Waals surface area contributed by atoms with Crippen molar-refractivity contribution in [3.8, 4) is 11.1 Å². The summed E-state index contributed by atoms with van der Waals surface area (Å²) in [6.45, 7) is 8.00. The number of non-ortho nitro benzene ring substituents is 1. The molecule has 2 unspecified atom stereocenters. The third kappa shape index (κ3) is 4.67. The Bertz CT molecular complexity index is 1080. The minimum absolute atomic E-state index is 0.0414. The molecule has 0 amide bonds. The summed E-state index contributed by atoms with van der Waals surface area (Å²) >= 11 is 0. The molecule has 0 heterocycles. The van der Waals surface area contributed by atoms with Gasteiger partial charge in [0.25, 0.3) is 5.69 Å². The fourth-order valence-electron chi connectivity index (χ4n) is 4.58. The van der Waals surface area contributed by atoms with E-state index in [1.165, 1.54) is 13.0 Å². The van der Waals surface area contributed by atoms with Crippen LogP contribution < -0.4 is 11.1 Å². The van der Waals surface area contributed by atoms with Gasteiger partial charge in [0, 0.05) is 25.1 Å². The summed E-state index contributed by atoms with van der Waals surface area (Å²) in [7, 11) is 0. The fourth-order valence-corrected chi connectivity index (χ4v) is 4.58. The van der Waals surface area contributed by atoms with E-state index in [-0.39, 0.29) is 16.7 Å². The van der Waals surface area contributed by atoms with Crippen LogP contribution in [0.5, 0.6) is 0 Å². The maximum absolute atomic E-state index is 11.6. The number of hydrogen-bond acceptors (Lipinski definition) is 7. The number of benzene rings is 2. The summed E-state index contributed by atoms with van der Waals surface area (Å²) in [6, 6.07) is 10.6. The lowest BCUT2D eigenvalue weighted by molar-refractivity contribution is -0.384. The van der Waals surface area contributed by atoms with E-state index in [0.717, 1.165) is 60.0 Å². The summed E-state index contributed by atoms with van der Waals surface area (Å²) in [6.07, 6.45) is 3.58. The Kier molecular flexibility index (Phi) is 7.61. The van der Waals surface area contributed by atoms with E-state index in [1.54, 1.807) is 13.0 Å². The van der Waals surface area contributed by atoms with E-state index in [4.69, 9.17) is 10.6 Å². The first-order chi connectivity index (χ1) is 15.8. The Morgan fingerprint density at radius 2 is 1.82 bits per heavy atom. The molecule has 0 aromatic heterocycles. The summed E-state index contributed by atoms with van der Waals surface area (Å²) in [5, 5.41) is 19.2. The molecule has 1 aliphatic carbocycles. The summed E-state index contributed by atoms with van der Waals surface area (Å²) < 4.78 is 0. The van der Waals surface area contributed by atoms with E-state index < -0.39 is 11.5 Å². The van der Waals surface area contributed by atoms with Gasteiger partial charge in [-0.1, -0.05) is 44.0 Å². The van der Waals surface area contributed by atoms with Gasteiger partial charge < -0.3 is 15.9 Å². The van der Waals surface area contributed by atoms with Crippen LogP contribution >= 0.6 is 0 Å². The highest BCUT2D eigenvalue weighted by Crippen LogP contribution is 2.51. The Hall–Kier alpha value is -3.10. The number of carbonyl (C=O) groups is 1. The predicted molar refractivity (Wildman–Crippen MR) is 129 cm³/mol. The molecule has 0 radical (unpaired) electrons. The van der Waals surface area contributed by atoms with Crippen molar-refractivity contribution in [2.45, 2.75) is 65.0 Å². The second-order valence-corrected chi connectivity index (χ2v) is 8.49. The largest absolute Gasteiger partial charge is 0.331 e. The van der Waals surface area contributed by atoms with Crippen LogP contribution in [-0.4, -0.2) is 29.2 Å². The minimum Gasteiger partial charge on any atom is -0.326 e. The molecular weight excluding hydrogens is 420 g/mol. The number of unbranched alkanes of at least 4 members (excludes halogenated alkanes) is 1. The molecule has 3 rings (SSSR count). The van der Waals surface area contributed by atoms with Crippen LogP contribution in [0.2, 0.25) is 0 Å². The lowest BCUT2D eigenvalue weighted by Crippen LogP contribution is -2.55. The Balaban J connectivity index is 2.26. The number of fused-ring (bicyclic) bond motifs is 3. The lowest BCUT2D eigenvalue weighted by Gasteiger charge is -2.39. The van der Waals surface area contributed by atoms with Gasteiger partial charge in [-0.05, 0) is 66.3 Å². The van der Waals surface area contributed by atoms with Crippen molar-refractivity contribution in [1.82, 2.24) is 5.32 Å². The number of oxime groups is 1. The van der Waals surface area contributed by atoms with Crippen LogP contribution in [0.25, 0.3) is 11.1 Å². The van der Waals surface area contributed by atoms with Gasteiger partial charge in [-0.3, -0.25) is 10.1 Å². The number of nitrogens with two attached hydrogens (primary N) is 1. The zero-order chi connectivity index (χ0) is 24.2. The average Bonchev–Trinajstić information content (AvgIpc) is 3.07. The molecule has 0 bridgehead atoms. The van der Waals surface area contributed by atoms with Crippen molar-refractivity contribution in [3.05, 3.63) is 63.2 Å². The molecule has 0 aliphatic heterocycles. The van der Waals surface area contributed by atoms with E-state index in [9.17, 15) is 14.9 Å². The van der Waals surface area contributed by atoms with Crippen LogP contribution in [-0.2, 0) is 15.2 Å². The molecular formula is C25H32N4O4. The third-order valence-corrected chi connectivity index (χ3v) is 6.19. The first-order valence-electron chi connectivity index (χ1n) is 11.4. The summed E-state index contributed by atoms with van der Waals surface area (Å²) in [5.41, 5.74) is 11.2. The highest BCUT2D eigenvalue weighted by atomic mass is 16.7. The molecule has 3 N–H and O–H groups in total. The van der Waals surface area contributed by atoms with Gasteiger partial charge in [0.15, 0.2) is 0 Å². The molecule has 8 heteroatoms. The SMILES string of the molecule is CCCCNC1(C(N)CCC)c2cc(/C(C)=N/OC(C)=O)ccc2-c2ccc([N+](=O)[O-])cc21. The highest BCUT2D eigenvalue weighted by molar-refractivity contribution is 6.00. The smallest absolute Gasteiger partial charge is 0.326 e. The number of carbonyl (C=O) groups excluding carboxylic acids is 1. The van der Waals surface area contributed by atoms with Crippen LogP contribution in [0, 0.1) is 10.1 Å². The second-order valence-electron chi connectivity index (χ2n) is 8.49. The molecule has 0 saturated carbocycles. The number of nitro groups is 1. The Morgan fingerprint density at radius 3 is 2.42 bits per heavy atom. The molecule has 176 valence electrons. The van der Waals surface area contributed by atoms with Crippen LogP contribution in [0.3, 0.4) is 0 Å². The van der Waals surface area contributed by atoms with Crippen LogP contribution in [0.1, 0.15) is 70.1 Å². The number of nitro benzene ring substituents is 1. The average molecular weight is 453 g/mol. The lowest BCUT2D eigenvalue weighted by atomic mass is 9.78. The van der Waals surface area contributed by atoms with Gasteiger partial charge in [0.1, 0.15) is 0 Å². The van der Waals surface area contributed by atoms with Gasteiger partial charge in [-0.2, -0.15) is 0 Å². The first kappa shape index (κ1) is 24.5. The van der Waals surface area contributed by atoms with Gasteiger partial charge in [0.05, 0.1) is 16.2 Å². The number of hydrogen-bond donors (Lipinski definition) is 2. The van der Waals surface area contributed by atoms with Crippen LogP contribution in [0.4, 0.5) is 5.69 Å². The topological polar surface area (TPSA) is 120 Å². The monoisotopic (exact) mass is 452 g/mol. The molecule has 1 aliphatic rings. The fraction of sp³-hybridized carbons (Fsp3) is 0.440. The normalized spacial score (nSPS) is 17.9. The van der Waals surface area contributed by atoms with Crippen molar-refractivity contribution < 1.29 is 14.6 Å². The maximum atomic E-state index is 11.6. The number of nitrogens with one attached hydrogen (secondary N) is 1. The molecule has 33 heavy (non-hydrogen) atoms.